The predicted octanol–water partition coefficient (Wildman–Crippen LogP) is 2.96. The standard InChI is InChI=1S/C18H20Cl2N2O5S/c1-26-17-8-7-13(19)11-15(17)22(28(2,24)25)12-18(23)21-9-10-27-16-6-4-3-5-14(16)20/h3-8,11H,9-10,12H2,1-2H3,(H,21,23). The van der Waals surface area contributed by atoms with Gasteiger partial charge in [0.2, 0.25) is 15.9 Å². The van der Waals surface area contributed by atoms with Gasteiger partial charge in [-0.25, -0.2) is 8.42 Å². The molecule has 0 aliphatic carbocycles. The SMILES string of the molecule is COc1ccc(Cl)cc1N(CC(=O)NCCOc1ccccc1Cl)S(C)(=O)=O. The third-order valence-corrected chi connectivity index (χ3v) is 5.29. The van der Waals surface area contributed by atoms with Crippen LogP contribution in [0.25, 0.3) is 0 Å². The number of rotatable bonds is 9. The highest BCUT2D eigenvalue weighted by atomic mass is 35.5. The maximum Gasteiger partial charge on any atom is 0.240 e. The van der Waals surface area contributed by atoms with Crippen molar-refractivity contribution in [3.8, 4) is 11.5 Å². The molecule has 0 saturated carbocycles. The summed E-state index contributed by atoms with van der Waals surface area (Å²) in [4.78, 5) is 12.3. The second kappa shape index (κ2) is 9.86. The molecule has 152 valence electrons. The highest BCUT2D eigenvalue weighted by molar-refractivity contribution is 7.92. The molecular weight excluding hydrogens is 427 g/mol. The van der Waals surface area contributed by atoms with Crippen molar-refractivity contribution < 1.29 is 22.7 Å². The summed E-state index contributed by atoms with van der Waals surface area (Å²) in [6, 6.07) is 11.5. The molecule has 0 atom stereocenters. The lowest BCUT2D eigenvalue weighted by Gasteiger charge is -2.24. The van der Waals surface area contributed by atoms with Gasteiger partial charge in [0.25, 0.3) is 0 Å². The fraction of sp³-hybridized carbons (Fsp3) is 0.278. The molecule has 1 amide bonds. The first-order valence-corrected chi connectivity index (χ1v) is 10.8. The molecule has 0 saturated heterocycles. The third kappa shape index (κ3) is 6.19. The number of hydrogen-bond donors (Lipinski definition) is 1. The molecule has 28 heavy (non-hydrogen) atoms. The number of halogens is 2. The van der Waals surface area contributed by atoms with E-state index in [2.05, 4.69) is 5.32 Å². The average molecular weight is 447 g/mol. The lowest BCUT2D eigenvalue weighted by molar-refractivity contribution is -0.119. The number of nitrogens with one attached hydrogen (secondary N) is 1. The van der Waals surface area contributed by atoms with E-state index in [1.165, 1.54) is 19.2 Å². The molecule has 0 fully saturated rings. The minimum absolute atomic E-state index is 0.175. The van der Waals surface area contributed by atoms with E-state index in [1.54, 1.807) is 30.3 Å². The Kier molecular flexibility index (Phi) is 7.79. The number of nitrogens with zero attached hydrogens (tertiary/aromatic N) is 1. The summed E-state index contributed by atoms with van der Waals surface area (Å²) in [5.74, 6) is 0.278. The lowest BCUT2D eigenvalue weighted by atomic mass is 10.3. The second-order valence-electron chi connectivity index (χ2n) is 5.71. The van der Waals surface area contributed by atoms with Gasteiger partial charge in [-0.2, -0.15) is 0 Å². The lowest BCUT2D eigenvalue weighted by Crippen LogP contribution is -2.41. The van der Waals surface area contributed by atoms with Gasteiger partial charge in [-0.15, -0.1) is 0 Å². The average Bonchev–Trinajstić information content (AvgIpc) is 2.63. The van der Waals surface area contributed by atoms with Crippen LogP contribution in [-0.4, -0.2) is 47.4 Å². The van der Waals surface area contributed by atoms with E-state index in [0.29, 0.717) is 15.8 Å². The van der Waals surface area contributed by atoms with Gasteiger partial charge in [0, 0.05) is 5.02 Å². The van der Waals surface area contributed by atoms with Crippen LogP contribution in [0.4, 0.5) is 5.69 Å². The molecule has 10 heteroatoms. The number of hydrogen-bond acceptors (Lipinski definition) is 5. The smallest absolute Gasteiger partial charge is 0.240 e. The van der Waals surface area contributed by atoms with Gasteiger partial charge >= 0.3 is 0 Å². The molecule has 0 radical (unpaired) electrons. The largest absolute Gasteiger partial charge is 0.495 e. The van der Waals surface area contributed by atoms with Crippen LogP contribution >= 0.6 is 23.2 Å². The third-order valence-electron chi connectivity index (χ3n) is 3.62. The van der Waals surface area contributed by atoms with Crippen molar-refractivity contribution in [2.45, 2.75) is 0 Å². The van der Waals surface area contributed by atoms with Gasteiger partial charge in [-0.1, -0.05) is 35.3 Å². The van der Waals surface area contributed by atoms with E-state index >= 15 is 0 Å². The Balaban J connectivity index is 2.00. The molecule has 2 rings (SSSR count). The number of methoxy groups -OCH3 is 1. The number of sulfonamides is 1. The minimum atomic E-state index is -3.76. The first-order chi connectivity index (χ1) is 13.2. The number of benzene rings is 2. The van der Waals surface area contributed by atoms with Gasteiger partial charge in [0.1, 0.15) is 24.7 Å². The van der Waals surface area contributed by atoms with Gasteiger partial charge in [0.05, 0.1) is 30.6 Å². The minimum Gasteiger partial charge on any atom is -0.495 e. The van der Waals surface area contributed by atoms with E-state index in [1.807, 2.05) is 0 Å². The first kappa shape index (κ1) is 22.1. The Morgan fingerprint density at radius 2 is 1.86 bits per heavy atom. The van der Waals surface area contributed by atoms with Crippen LogP contribution in [0.5, 0.6) is 11.5 Å². The van der Waals surface area contributed by atoms with Gasteiger partial charge in [-0.3, -0.25) is 9.10 Å². The van der Waals surface area contributed by atoms with Crippen LogP contribution in [0.15, 0.2) is 42.5 Å². The zero-order valence-corrected chi connectivity index (χ0v) is 17.6. The topological polar surface area (TPSA) is 84.9 Å². The van der Waals surface area contributed by atoms with Crippen LogP contribution in [0.1, 0.15) is 0 Å². The Morgan fingerprint density at radius 3 is 2.50 bits per heavy atom. The first-order valence-electron chi connectivity index (χ1n) is 8.17. The Bertz CT molecular complexity index is 937. The molecule has 0 spiro atoms. The quantitative estimate of drug-likeness (QED) is 0.598. The number of carbonyl (C=O) groups is 1. The summed E-state index contributed by atoms with van der Waals surface area (Å²) >= 11 is 12.0. The normalized spacial score (nSPS) is 11.0. The highest BCUT2D eigenvalue weighted by Gasteiger charge is 2.24. The van der Waals surface area contributed by atoms with E-state index in [4.69, 9.17) is 32.7 Å². The molecule has 1 N–H and O–H groups in total. The monoisotopic (exact) mass is 446 g/mol. The molecule has 2 aromatic rings. The zero-order valence-electron chi connectivity index (χ0n) is 15.3. The van der Waals surface area contributed by atoms with Gasteiger partial charge in [0.15, 0.2) is 0 Å². The van der Waals surface area contributed by atoms with Crippen LogP contribution < -0.4 is 19.1 Å². The van der Waals surface area contributed by atoms with E-state index in [0.717, 1.165) is 10.6 Å². The van der Waals surface area contributed by atoms with E-state index in [9.17, 15) is 13.2 Å². The van der Waals surface area contributed by atoms with Crippen molar-refractivity contribution in [2.24, 2.45) is 0 Å². The molecule has 0 aliphatic rings. The maximum absolute atomic E-state index is 12.3. The zero-order chi connectivity index (χ0) is 20.7. The molecule has 7 nitrogen and oxygen atoms in total. The van der Waals surface area contributed by atoms with Crippen LogP contribution in [-0.2, 0) is 14.8 Å². The molecular formula is C18H20Cl2N2O5S. The summed E-state index contributed by atoms with van der Waals surface area (Å²) in [5, 5.41) is 3.39. The molecule has 0 aromatic heterocycles. The number of para-hydroxylation sites is 1. The Morgan fingerprint density at radius 1 is 1.14 bits per heavy atom. The van der Waals surface area contributed by atoms with E-state index < -0.39 is 22.5 Å². The number of ether oxygens (including phenoxy) is 2. The van der Waals surface area contributed by atoms with Crippen molar-refractivity contribution in [1.82, 2.24) is 5.32 Å². The van der Waals surface area contributed by atoms with Crippen LogP contribution in [0.2, 0.25) is 10.0 Å². The van der Waals surface area contributed by atoms with Gasteiger partial charge < -0.3 is 14.8 Å². The number of anilines is 1. The van der Waals surface area contributed by atoms with Crippen molar-refractivity contribution >= 4 is 44.8 Å². The summed E-state index contributed by atoms with van der Waals surface area (Å²) in [6.07, 6.45) is 1.00. The van der Waals surface area contributed by atoms with E-state index in [-0.39, 0.29) is 24.6 Å². The molecule has 0 heterocycles. The highest BCUT2D eigenvalue weighted by Crippen LogP contribution is 2.32. The number of carbonyl (C=O) groups excluding carboxylic acids is 1. The summed E-state index contributed by atoms with van der Waals surface area (Å²) in [7, 11) is -2.35. The summed E-state index contributed by atoms with van der Waals surface area (Å²) in [5.41, 5.74) is 0.181. The van der Waals surface area contributed by atoms with Crippen molar-refractivity contribution in [1.29, 1.82) is 0 Å². The molecule has 0 bridgehead atoms. The Hall–Kier alpha value is -2.16. The fourth-order valence-corrected chi connectivity index (χ4v) is 3.55. The van der Waals surface area contributed by atoms with Crippen molar-refractivity contribution in [3.05, 3.63) is 52.5 Å². The van der Waals surface area contributed by atoms with Crippen LogP contribution in [0, 0.1) is 0 Å². The molecule has 0 aliphatic heterocycles. The van der Waals surface area contributed by atoms with Gasteiger partial charge in [-0.05, 0) is 30.3 Å². The predicted molar refractivity (Wildman–Crippen MR) is 110 cm³/mol. The van der Waals surface area contributed by atoms with Crippen LogP contribution in [0.3, 0.4) is 0 Å². The summed E-state index contributed by atoms with van der Waals surface area (Å²) < 4.78 is 36.0. The molecule has 0 unspecified atom stereocenters. The second-order valence-corrected chi connectivity index (χ2v) is 8.47. The summed E-state index contributed by atoms with van der Waals surface area (Å²) in [6.45, 7) is -0.0786. The van der Waals surface area contributed by atoms with Crippen molar-refractivity contribution in [3.63, 3.8) is 0 Å². The molecule has 2 aromatic carbocycles. The Labute approximate surface area is 174 Å². The maximum atomic E-state index is 12.3. The number of amides is 1. The van der Waals surface area contributed by atoms with Crippen molar-refractivity contribution in [2.75, 3.05) is 37.4 Å². The fourth-order valence-electron chi connectivity index (χ4n) is 2.34.